The smallest absolute Gasteiger partial charge is 0.319 e. The lowest BCUT2D eigenvalue weighted by molar-refractivity contribution is -0.137. The normalized spacial score (nSPS) is 11.4. The van der Waals surface area contributed by atoms with Gasteiger partial charge in [0.15, 0.2) is 0 Å². The fourth-order valence-electron chi connectivity index (χ4n) is 3.89. The van der Waals surface area contributed by atoms with Crippen molar-refractivity contribution in [1.82, 2.24) is 10.0 Å². The van der Waals surface area contributed by atoms with Crippen LogP contribution < -0.4 is 20.1 Å². The van der Waals surface area contributed by atoms with Crippen molar-refractivity contribution in [2.75, 3.05) is 12.4 Å². The Bertz CT molecular complexity index is 1370. The zero-order chi connectivity index (χ0) is 26.7. The van der Waals surface area contributed by atoms with Crippen molar-refractivity contribution in [2.24, 2.45) is 0 Å². The van der Waals surface area contributed by atoms with E-state index in [-0.39, 0.29) is 18.5 Å². The van der Waals surface area contributed by atoms with Gasteiger partial charge in [0.05, 0.1) is 24.5 Å². The molecular formula is C30H29N3O4S. The summed E-state index contributed by atoms with van der Waals surface area (Å²) in [7, 11) is 1.60. The van der Waals surface area contributed by atoms with Crippen LogP contribution in [-0.4, -0.2) is 24.2 Å². The summed E-state index contributed by atoms with van der Waals surface area (Å²) in [5, 5.41) is 15.2. The molecule has 0 saturated heterocycles. The van der Waals surface area contributed by atoms with Gasteiger partial charge in [0.25, 0.3) is 0 Å². The van der Waals surface area contributed by atoms with Crippen LogP contribution in [0.3, 0.4) is 0 Å². The molecule has 8 heteroatoms. The van der Waals surface area contributed by atoms with Gasteiger partial charge >= 0.3 is 12.0 Å². The molecule has 4 aromatic carbocycles. The number of methoxy groups -OCH3 is 1. The number of carboxylic acid groups (broad SMARTS) is 1. The summed E-state index contributed by atoms with van der Waals surface area (Å²) >= 11 is 1.33. The first-order valence-corrected chi connectivity index (χ1v) is 12.9. The second kappa shape index (κ2) is 13.3. The minimum absolute atomic E-state index is 0.0565. The Morgan fingerprint density at radius 2 is 1.58 bits per heavy atom. The molecule has 2 amide bonds. The number of amides is 2. The van der Waals surface area contributed by atoms with Crippen LogP contribution in [0, 0.1) is 0 Å². The Hall–Kier alpha value is -4.27. The number of hydrogen-bond acceptors (Lipinski definition) is 5. The molecule has 38 heavy (non-hydrogen) atoms. The zero-order valence-electron chi connectivity index (χ0n) is 20.9. The Morgan fingerprint density at radius 1 is 0.868 bits per heavy atom. The topological polar surface area (TPSA) is 99.7 Å². The number of anilines is 1. The van der Waals surface area contributed by atoms with Gasteiger partial charge in [-0.15, -0.1) is 0 Å². The molecule has 0 aromatic heterocycles. The van der Waals surface area contributed by atoms with Crippen molar-refractivity contribution in [3.8, 4) is 16.9 Å². The van der Waals surface area contributed by atoms with Crippen molar-refractivity contribution >= 4 is 29.6 Å². The van der Waals surface area contributed by atoms with E-state index in [0.29, 0.717) is 18.0 Å². The summed E-state index contributed by atoms with van der Waals surface area (Å²) in [4.78, 5) is 24.7. The van der Waals surface area contributed by atoms with E-state index in [1.165, 1.54) is 11.9 Å². The zero-order valence-corrected chi connectivity index (χ0v) is 21.7. The summed E-state index contributed by atoms with van der Waals surface area (Å²) < 4.78 is 8.85. The molecule has 1 unspecified atom stereocenters. The SMILES string of the molecule is COc1ccc(-c2cccc(NC(=O)NCc3ccccc3)c2)cc1SNC(CC(=O)O)c1ccccc1. The second-order valence-electron chi connectivity index (χ2n) is 8.52. The maximum atomic E-state index is 12.4. The molecule has 0 aliphatic heterocycles. The summed E-state index contributed by atoms with van der Waals surface area (Å²) in [5.41, 5.74) is 4.42. The maximum absolute atomic E-state index is 12.4. The predicted octanol–water partition coefficient (Wildman–Crippen LogP) is 6.50. The molecule has 194 valence electrons. The van der Waals surface area contributed by atoms with Crippen molar-refractivity contribution in [3.05, 3.63) is 114 Å². The maximum Gasteiger partial charge on any atom is 0.319 e. The van der Waals surface area contributed by atoms with Crippen LogP contribution in [-0.2, 0) is 11.3 Å². The van der Waals surface area contributed by atoms with Crippen LogP contribution in [0.1, 0.15) is 23.6 Å². The second-order valence-corrected chi connectivity index (χ2v) is 9.40. The lowest BCUT2D eigenvalue weighted by Crippen LogP contribution is -2.28. The third-order valence-electron chi connectivity index (χ3n) is 5.81. The fourth-order valence-corrected chi connectivity index (χ4v) is 4.81. The van der Waals surface area contributed by atoms with Gasteiger partial charge in [-0.25, -0.2) is 4.79 Å². The van der Waals surface area contributed by atoms with Gasteiger partial charge in [-0.1, -0.05) is 78.9 Å². The Morgan fingerprint density at radius 3 is 2.29 bits per heavy atom. The van der Waals surface area contributed by atoms with Gasteiger partial charge in [-0.3, -0.25) is 9.52 Å². The summed E-state index contributed by atoms with van der Waals surface area (Å²) in [6, 6.07) is 31.9. The molecule has 0 heterocycles. The number of carbonyl (C=O) groups excluding carboxylic acids is 1. The number of nitrogens with one attached hydrogen (secondary N) is 3. The lowest BCUT2D eigenvalue weighted by Gasteiger charge is -2.18. The highest BCUT2D eigenvalue weighted by Crippen LogP contribution is 2.35. The van der Waals surface area contributed by atoms with Crippen LogP contribution in [0.25, 0.3) is 11.1 Å². The Balaban J connectivity index is 1.47. The molecule has 0 bridgehead atoms. The number of aliphatic carboxylic acids is 1. The molecule has 0 radical (unpaired) electrons. The van der Waals surface area contributed by atoms with Crippen molar-refractivity contribution in [1.29, 1.82) is 0 Å². The van der Waals surface area contributed by atoms with E-state index in [1.807, 2.05) is 103 Å². The van der Waals surface area contributed by atoms with Gasteiger partial charge in [-0.2, -0.15) is 0 Å². The van der Waals surface area contributed by atoms with Crippen LogP contribution in [0.2, 0.25) is 0 Å². The number of urea groups is 1. The van der Waals surface area contributed by atoms with E-state index < -0.39 is 5.97 Å². The van der Waals surface area contributed by atoms with Crippen molar-refractivity contribution < 1.29 is 19.4 Å². The standard InChI is InChI=1S/C30H29N3O4S/c1-37-27-16-15-24(18-28(27)38-33-26(19-29(34)35)22-11-6-3-7-12-22)23-13-8-14-25(17-23)32-30(36)31-20-21-9-4-2-5-10-21/h2-18,26,33H,19-20H2,1H3,(H,34,35)(H2,31,32,36). The molecular weight excluding hydrogens is 498 g/mol. The number of carboxylic acids is 1. The minimum Gasteiger partial charge on any atom is -0.496 e. The molecule has 0 spiro atoms. The fraction of sp³-hybridized carbons (Fsp3) is 0.133. The third kappa shape index (κ3) is 7.61. The Labute approximate surface area is 226 Å². The van der Waals surface area contributed by atoms with E-state index in [0.717, 1.165) is 27.1 Å². The molecule has 0 fully saturated rings. The van der Waals surface area contributed by atoms with Gasteiger partial charge < -0.3 is 20.5 Å². The van der Waals surface area contributed by atoms with Crippen LogP contribution in [0.5, 0.6) is 5.75 Å². The predicted molar refractivity (Wildman–Crippen MR) is 151 cm³/mol. The van der Waals surface area contributed by atoms with Crippen LogP contribution in [0.4, 0.5) is 10.5 Å². The van der Waals surface area contributed by atoms with Gasteiger partial charge in [0.1, 0.15) is 5.75 Å². The van der Waals surface area contributed by atoms with Gasteiger partial charge in [-0.05, 0) is 58.5 Å². The highest BCUT2D eigenvalue weighted by atomic mass is 32.2. The third-order valence-corrected chi connectivity index (χ3v) is 6.75. The van der Waals surface area contributed by atoms with Crippen LogP contribution >= 0.6 is 11.9 Å². The molecule has 4 aromatic rings. The monoisotopic (exact) mass is 527 g/mol. The molecule has 0 aliphatic carbocycles. The molecule has 0 aliphatic rings. The quantitative estimate of drug-likeness (QED) is 0.166. The van der Waals surface area contributed by atoms with E-state index in [4.69, 9.17) is 4.74 Å². The first kappa shape index (κ1) is 26.8. The number of hydrogen-bond donors (Lipinski definition) is 4. The number of ether oxygens (including phenoxy) is 1. The largest absolute Gasteiger partial charge is 0.496 e. The summed E-state index contributed by atoms with van der Waals surface area (Å²) in [6.07, 6.45) is -0.0565. The van der Waals surface area contributed by atoms with E-state index in [2.05, 4.69) is 15.4 Å². The van der Waals surface area contributed by atoms with Crippen LogP contribution in [0.15, 0.2) is 108 Å². The average Bonchev–Trinajstić information content (AvgIpc) is 2.95. The Kier molecular flexibility index (Phi) is 9.39. The first-order chi connectivity index (χ1) is 18.5. The summed E-state index contributed by atoms with van der Waals surface area (Å²) in [6.45, 7) is 0.435. The number of rotatable bonds is 11. The van der Waals surface area contributed by atoms with Crippen molar-refractivity contribution in [2.45, 2.75) is 23.9 Å². The van der Waals surface area contributed by atoms with Crippen molar-refractivity contribution in [3.63, 3.8) is 0 Å². The molecule has 4 N–H and O–H groups in total. The highest BCUT2D eigenvalue weighted by molar-refractivity contribution is 7.97. The number of carbonyl (C=O) groups is 2. The van der Waals surface area contributed by atoms with E-state index in [1.54, 1.807) is 7.11 Å². The molecule has 4 rings (SSSR count). The molecule has 7 nitrogen and oxygen atoms in total. The highest BCUT2D eigenvalue weighted by Gasteiger charge is 2.17. The molecule has 1 atom stereocenters. The number of benzene rings is 4. The molecule has 0 saturated carbocycles. The van der Waals surface area contributed by atoms with E-state index in [9.17, 15) is 14.7 Å². The van der Waals surface area contributed by atoms with Gasteiger partial charge in [0.2, 0.25) is 0 Å². The minimum atomic E-state index is -0.884. The summed E-state index contributed by atoms with van der Waals surface area (Å²) in [5.74, 6) is -0.215. The lowest BCUT2D eigenvalue weighted by atomic mass is 10.0. The first-order valence-electron chi connectivity index (χ1n) is 12.1. The average molecular weight is 528 g/mol. The van der Waals surface area contributed by atoms with Gasteiger partial charge in [0, 0.05) is 12.2 Å². The van der Waals surface area contributed by atoms with E-state index >= 15 is 0 Å².